The number of carbonyl (C=O) groups is 1. The predicted octanol–water partition coefficient (Wildman–Crippen LogP) is 1.92. The molecule has 2 heteroatoms. The fraction of sp³-hybridized carbons (Fsp3) is 0.182. The van der Waals surface area contributed by atoms with E-state index in [9.17, 15) is 9.90 Å². The highest BCUT2D eigenvalue weighted by Crippen LogP contribution is 2.30. The first-order valence-electron chi connectivity index (χ1n) is 4.22. The number of rotatable bonds is 1. The highest BCUT2D eigenvalue weighted by Gasteiger charge is 2.16. The van der Waals surface area contributed by atoms with E-state index in [-0.39, 0.29) is 11.5 Å². The summed E-state index contributed by atoms with van der Waals surface area (Å²) in [6.07, 6.45) is 2.66. The summed E-state index contributed by atoms with van der Waals surface area (Å²) >= 11 is 0. The van der Waals surface area contributed by atoms with Gasteiger partial charge in [-0.05, 0) is 36.6 Å². The topological polar surface area (TPSA) is 37.3 Å². The van der Waals surface area contributed by atoms with Gasteiger partial charge in [0.2, 0.25) is 0 Å². The second-order valence-corrected chi connectivity index (χ2v) is 3.22. The maximum absolute atomic E-state index is 11.2. The number of hydrogen-bond donors (Lipinski definition) is 1. The number of Topliss-reactive ketones (excluding diaryl/α,β-unsaturated/α-hetero) is 1. The lowest BCUT2D eigenvalue weighted by Gasteiger charge is -2.02. The van der Waals surface area contributed by atoms with Crippen LogP contribution in [-0.4, -0.2) is 10.9 Å². The van der Waals surface area contributed by atoms with Crippen molar-refractivity contribution in [3.63, 3.8) is 0 Å². The Morgan fingerprint density at radius 2 is 2.23 bits per heavy atom. The standard InChI is InChI=1S/C11H10O2/c1-7(12)10-4-2-8-6-9(13)3-5-11(8)10/h3-6,13H,2H2,1H3. The monoisotopic (exact) mass is 174 g/mol. The van der Waals surface area contributed by atoms with E-state index in [4.69, 9.17) is 0 Å². The van der Waals surface area contributed by atoms with Gasteiger partial charge in [-0.3, -0.25) is 4.79 Å². The van der Waals surface area contributed by atoms with Gasteiger partial charge in [0.25, 0.3) is 0 Å². The molecule has 0 bridgehead atoms. The third-order valence-electron chi connectivity index (χ3n) is 2.28. The molecule has 0 amide bonds. The van der Waals surface area contributed by atoms with E-state index in [0.29, 0.717) is 0 Å². The van der Waals surface area contributed by atoms with Gasteiger partial charge < -0.3 is 5.11 Å². The number of aromatic hydroxyl groups is 1. The molecule has 2 nitrogen and oxygen atoms in total. The fourth-order valence-electron chi connectivity index (χ4n) is 1.67. The molecular formula is C11H10O2. The van der Waals surface area contributed by atoms with Gasteiger partial charge in [-0.2, -0.15) is 0 Å². The Bertz CT molecular complexity index is 403. The molecule has 1 aliphatic rings. The molecule has 1 aromatic rings. The van der Waals surface area contributed by atoms with Crippen LogP contribution in [0.5, 0.6) is 5.75 Å². The number of phenolic OH excluding ortho intramolecular Hbond substituents is 1. The van der Waals surface area contributed by atoms with Crippen molar-refractivity contribution in [2.45, 2.75) is 13.3 Å². The second kappa shape index (κ2) is 2.73. The number of ketones is 1. The summed E-state index contributed by atoms with van der Waals surface area (Å²) in [5, 5.41) is 9.21. The largest absolute Gasteiger partial charge is 0.508 e. The zero-order valence-corrected chi connectivity index (χ0v) is 7.37. The molecule has 13 heavy (non-hydrogen) atoms. The summed E-state index contributed by atoms with van der Waals surface area (Å²) in [6.45, 7) is 1.56. The van der Waals surface area contributed by atoms with Crippen molar-refractivity contribution in [1.82, 2.24) is 0 Å². The van der Waals surface area contributed by atoms with E-state index in [1.807, 2.05) is 6.08 Å². The van der Waals surface area contributed by atoms with Gasteiger partial charge in [0.05, 0.1) is 0 Å². The lowest BCUT2D eigenvalue weighted by molar-refractivity contribution is -0.111. The van der Waals surface area contributed by atoms with Gasteiger partial charge in [-0.1, -0.05) is 12.1 Å². The molecule has 0 aromatic heterocycles. The van der Waals surface area contributed by atoms with Crippen LogP contribution < -0.4 is 0 Å². The fourth-order valence-corrected chi connectivity index (χ4v) is 1.67. The molecule has 0 aliphatic heterocycles. The minimum Gasteiger partial charge on any atom is -0.508 e. The molecule has 0 heterocycles. The van der Waals surface area contributed by atoms with Gasteiger partial charge in [0.15, 0.2) is 5.78 Å². The van der Waals surface area contributed by atoms with Crippen LogP contribution in [0.15, 0.2) is 24.3 Å². The summed E-state index contributed by atoms with van der Waals surface area (Å²) < 4.78 is 0. The summed E-state index contributed by atoms with van der Waals surface area (Å²) in [5.74, 6) is 0.349. The molecule has 1 aromatic carbocycles. The molecular weight excluding hydrogens is 164 g/mol. The number of phenols is 1. The van der Waals surface area contributed by atoms with Crippen molar-refractivity contribution in [1.29, 1.82) is 0 Å². The van der Waals surface area contributed by atoms with Crippen molar-refractivity contribution in [3.8, 4) is 5.75 Å². The molecule has 66 valence electrons. The van der Waals surface area contributed by atoms with Crippen molar-refractivity contribution < 1.29 is 9.90 Å². The maximum Gasteiger partial charge on any atom is 0.160 e. The van der Waals surface area contributed by atoms with E-state index in [1.54, 1.807) is 25.1 Å². The second-order valence-electron chi connectivity index (χ2n) is 3.22. The van der Waals surface area contributed by atoms with Crippen LogP contribution in [0, 0.1) is 0 Å². The van der Waals surface area contributed by atoms with Crippen molar-refractivity contribution in [3.05, 3.63) is 35.4 Å². The van der Waals surface area contributed by atoms with Crippen LogP contribution >= 0.6 is 0 Å². The van der Waals surface area contributed by atoms with E-state index in [0.717, 1.165) is 23.1 Å². The third-order valence-corrected chi connectivity index (χ3v) is 2.28. The average molecular weight is 174 g/mol. The van der Waals surface area contributed by atoms with Crippen molar-refractivity contribution >= 4 is 11.4 Å². The molecule has 0 fully saturated rings. The summed E-state index contributed by atoms with van der Waals surface area (Å²) in [5.41, 5.74) is 2.77. The first-order chi connectivity index (χ1) is 6.18. The Morgan fingerprint density at radius 3 is 2.92 bits per heavy atom. The van der Waals surface area contributed by atoms with Crippen LogP contribution in [0.1, 0.15) is 18.1 Å². The van der Waals surface area contributed by atoms with E-state index in [1.165, 1.54) is 0 Å². The summed E-state index contributed by atoms with van der Waals surface area (Å²) in [4.78, 5) is 11.2. The quantitative estimate of drug-likeness (QED) is 0.706. The predicted molar refractivity (Wildman–Crippen MR) is 50.5 cm³/mol. The minimum atomic E-state index is 0.0874. The van der Waals surface area contributed by atoms with Gasteiger partial charge in [-0.15, -0.1) is 0 Å². The van der Waals surface area contributed by atoms with Crippen LogP contribution in [0.25, 0.3) is 5.57 Å². The van der Waals surface area contributed by atoms with E-state index >= 15 is 0 Å². The van der Waals surface area contributed by atoms with E-state index in [2.05, 4.69) is 0 Å². The van der Waals surface area contributed by atoms with Gasteiger partial charge >= 0.3 is 0 Å². The van der Waals surface area contributed by atoms with Crippen LogP contribution in [-0.2, 0) is 11.2 Å². The molecule has 1 N–H and O–H groups in total. The first-order valence-corrected chi connectivity index (χ1v) is 4.22. The molecule has 0 radical (unpaired) electrons. The third kappa shape index (κ3) is 1.24. The summed E-state index contributed by atoms with van der Waals surface area (Å²) in [6, 6.07) is 5.12. The number of allylic oxidation sites excluding steroid dienone is 2. The Morgan fingerprint density at radius 1 is 1.46 bits per heavy atom. The molecule has 0 atom stereocenters. The average Bonchev–Trinajstić information content (AvgIpc) is 2.46. The molecule has 1 aliphatic carbocycles. The molecule has 2 rings (SSSR count). The molecule has 0 spiro atoms. The van der Waals surface area contributed by atoms with Gasteiger partial charge in [-0.25, -0.2) is 0 Å². The highest BCUT2D eigenvalue weighted by molar-refractivity contribution is 6.20. The highest BCUT2D eigenvalue weighted by atomic mass is 16.3. The lowest BCUT2D eigenvalue weighted by atomic mass is 10.0. The van der Waals surface area contributed by atoms with Crippen LogP contribution in [0.4, 0.5) is 0 Å². The number of benzene rings is 1. The van der Waals surface area contributed by atoms with Gasteiger partial charge in [0, 0.05) is 5.57 Å². The zero-order valence-electron chi connectivity index (χ0n) is 7.37. The Hall–Kier alpha value is -1.57. The normalized spacial score (nSPS) is 13.8. The Kier molecular flexibility index (Phi) is 1.69. The van der Waals surface area contributed by atoms with Crippen molar-refractivity contribution in [2.24, 2.45) is 0 Å². The Labute approximate surface area is 76.5 Å². The number of fused-ring (bicyclic) bond motifs is 1. The smallest absolute Gasteiger partial charge is 0.160 e. The molecule has 0 unspecified atom stereocenters. The number of hydrogen-bond acceptors (Lipinski definition) is 2. The lowest BCUT2D eigenvalue weighted by Crippen LogP contribution is -1.93. The zero-order chi connectivity index (χ0) is 9.42. The SMILES string of the molecule is CC(=O)C1=CCc2cc(O)ccc21. The van der Waals surface area contributed by atoms with Crippen LogP contribution in [0.3, 0.4) is 0 Å². The van der Waals surface area contributed by atoms with Crippen LogP contribution in [0.2, 0.25) is 0 Å². The molecule has 0 saturated heterocycles. The maximum atomic E-state index is 11.2. The summed E-state index contributed by atoms with van der Waals surface area (Å²) in [7, 11) is 0. The molecule has 0 saturated carbocycles. The van der Waals surface area contributed by atoms with Crippen molar-refractivity contribution in [2.75, 3.05) is 0 Å². The Balaban J connectivity index is 2.51. The first kappa shape index (κ1) is 8.05. The number of carbonyl (C=O) groups excluding carboxylic acids is 1. The van der Waals surface area contributed by atoms with E-state index < -0.39 is 0 Å². The van der Waals surface area contributed by atoms with Gasteiger partial charge in [0.1, 0.15) is 5.75 Å². The minimum absolute atomic E-state index is 0.0874.